The molecule has 0 atom stereocenters. The van der Waals surface area contributed by atoms with E-state index in [9.17, 15) is 0 Å². The molecule has 0 saturated carbocycles. The van der Waals surface area contributed by atoms with Gasteiger partial charge in [-0.3, -0.25) is 4.40 Å². The number of rotatable bonds is 5. The van der Waals surface area contributed by atoms with Gasteiger partial charge in [0, 0.05) is 16.7 Å². The second-order valence-electron chi connectivity index (χ2n) is 6.04. The van der Waals surface area contributed by atoms with E-state index in [1.54, 1.807) is 18.9 Å². The summed E-state index contributed by atoms with van der Waals surface area (Å²) in [5.74, 6) is 3.03. The number of nitrogens with zero attached hydrogens (tertiary/aromatic N) is 3. The number of hydrogen-bond acceptors (Lipinski definition) is 7. The molecule has 0 fully saturated rings. The van der Waals surface area contributed by atoms with Gasteiger partial charge >= 0.3 is 0 Å². The Hall–Kier alpha value is -2.42. The molecule has 0 bridgehead atoms. The van der Waals surface area contributed by atoms with Gasteiger partial charge in [0.25, 0.3) is 0 Å². The van der Waals surface area contributed by atoms with E-state index >= 15 is 0 Å². The van der Waals surface area contributed by atoms with Crippen molar-refractivity contribution in [3.05, 3.63) is 52.4 Å². The molecule has 0 unspecified atom stereocenters. The number of fused-ring (bicyclic) bond motifs is 2. The molecule has 0 radical (unpaired) electrons. The summed E-state index contributed by atoms with van der Waals surface area (Å²) in [6.45, 7) is 0.275. The van der Waals surface area contributed by atoms with Crippen LogP contribution >= 0.6 is 34.7 Å². The minimum atomic E-state index is 0.275. The van der Waals surface area contributed by atoms with Crippen molar-refractivity contribution in [2.24, 2.45) is 0 Å². The van der Waals surface area contributed by atoms with Gasteiger partial charge in [-0.2, -0.15) is 0 Å². The Bertz CT molecular complexity index is 1170. The van der Waals surface area contributed by atoms with Gasteiger partial charge in [-0.05, 0) is 35.9 Å². The molecule has 0 amide bonds. The first-order chi connectivity index (χ1) is 13.7. The van der Waals surface area contributed by atoms with Crippen LogP contribution in [0.4, 0.5) is 0 Å². The number of thioether (sulfide) groups is 1. The lowest BCUT2D eigenvalue weighted by Crippen LogP contribution is -1.93. The van der Waals surface area contributed by atoms with Gasteiger partial charge in [0.2, 0.25) is 11.8 Å². The first kappa shape index (κ1) is 17.7. The standard InChI is InChI=1S/C19H14ClN3O3S2/c1-24-12-3-4-13(14(20)7-12)15-9-28-19-22-21-18(23(15)19)27-8-11-2-5-16-17(6-11)26-10-25-16/h2-7,9H,8,10H2,1H3. The summed E-state index contributed by atoms with van der Waals surface area (Å²) < 4.78 is 18.1. The number of benzene rings is 2. The average Bonchev–Trinajstić information content (AvgIpc) is 3.42. The fraction of sp³-hybridized carbons (Fsp3) is 0.158. The fourth-order valence-corrected chi connectivity index (χ4v) is 5.03. The van der Waals surface area contributed by atoms with Crippen LogP contribution in [0.3, 0.4) is 0 Å². The van der Waals surface area contributed by atoms with Crippen molar-refractivity contribution < 1.29 is 14.2 Å². The summed E-state index contributed by atoms with van der Waals surface area (Å²) in [4.78, 5) is 0.829. The smallest absolute Gasteiger partial charge is 0.231 e. The number of methoxy groups -OCH3 is 1. The second-order valence-corrected chi connectivity index (χ2v) is 8.23. The highest BCUT2D eigenvalue weighted by Gasteiger charge is 2.17. The van der Waals surface area contributed by atoms with E-state index in [1.807, 2.05) is 46.2 Å². The average molecular weight is 432 g/mol. The third-order valence-electron chi connectivity index (χ3n) is 4.38. The van der Waals surface area contributed by atoms with E-state index in [1.165, 1.54) is 11.3 Å². The predicted molar refractivity (Wildman–Crippen MR) is 110 cm³/mol. The van der Waals surface area contributed by atoms with E-state index in [2.05, 4.69) is 10.2 Å². The maximum atomic E-state index is 6.48. The van der Waals surface area contributed by atoms with Crippen molar-refractivity contribution in [1.82, 2.24) is 14.6 Å². The Morgan fingerprint density at radius 3 is 2.93 bits per heavy atom. The van der Waals surface area contributed by atoms with Gasteiger partial charge in [0.05, 0.1) is 17.8 Å². The van der Waals surface area contributed by atoms with Crippen molar-refractivity contribution >= 4 is 39.7 Å². The summed E-state index contributed by atoms with van der Waals surface area (Å²) in [5, 5.41) is 12.1. The highest BCUT2D eigenvalue weighted by atomic mass is 35.5. The Morgan fingerprint density at radius 2 is 2.07 bits per heavy atom. The Morgan fingerprint density at radius 1 is 1.18 bits per heavy atom. The van der Waals surface area contributed by atoms with Crippen molar-refractivity contribution in [2.75, 3.05) is 13.9 Å². The van der Waals surface area contributed by atoms with Gasteiger partial charge < -0.3 is 14.2 Å². The van der Waals surface area contributed by atoms with Gasteiger partial charge in [0.15, 0.2) is 16.7 Å². The number of thiazole rings is 1. The molecule has 2 aromatic heterocycles. The normalized spacial score (nSPS) is 12.6. The summed E-state index contributed by atoms with van der Waals surface area (Å²) >= 11 is 9.63. The Balaban J connectivity index is 1.45. The molecule has 0 N–H and O–H groups in total. The number of aromatic nitrogens is 3. The Labute approximate surface area is 174 Å². The Kier molecular flexibility index (Phi) is 4.54. The number of ether oxygens (including phenoxy) is 3. The SMILES string of the molecule is COc1ccc(-c2csc3nnc(SCc4ccc5c(c4)OCO5)n23)c(Cl)c1. The van der Waals surface area contributed by atoms with Crippen LogP contribution in [0.2, 0.25) is 5.02 Å². The largest absolute Gasteiger partial charge is 0.497 e. The molecular formula is C19H14ClN3O3S2. The van der Waals surface area contributed by atoms with Crippen LogP contribution < -0.4 is 14.2 Å². The minimum Gasteiger partial charge on any atom is -0.497 e. The van der Waals surface area contributed by atoms with E-state index < -0.39 is 0 Å². The predicted octanol–water partition coefficient (Wildman–Crippen LogP) is 5.14. The summed E-state index contributed by atoms with van der Waals surface area (Å²) in [6, 6.07) is 11.6. The van der Waals surface area contributed by atoms with Crippen molar-refractivity contribution in [3.63, 3.8) is 0 Å². The molecule has 0 aliphatic carbocycles. The molecule has 28 heavy (non-hydrogen) atoms. The van der Waals surface area contributed by atoms with Crippen molar-refractivity contribution in [3.8, 4) is 28.5 Å². The van der Waals surface area contributed by atoms with Crippen LogP contribution in [0.1, 0.15) is 5.56 Å². The van der Waals surface area contributed by atoms with Crippen LogP contribution in [0.15, 0.2) is 46.9 Å². The molecule has 142 valence electrons. The lowest BCUT2D eigenvalue weighted by Gasteiger charge is -2.07. The topological polar surface area (TPSA) is 57.9 Å². The molecule has 5 rings (SSSR count). The van der Waals surface area contributed by atoms with Crippen LogP contribution in [0.25, 0.3) is 16.2 Å². The summed E-state index contributed by atoms with van der Waals surface area (Å²) in [6.07, 6.45) is 0. The highest BCUT2D eigenvalue weighted by molar-refractivity contribution is 7.98. The summed E-state index contributed by atoms with van der Waals surface area (Å²) in [7, 11) is 1.62. The molecule has 0 spiro atoms. The maximum Gasteiger partial charge on any atom is 0.231 e. The van der Waals surface area contributed by atoms with E-state index in [-0.39, 0.29) is 6.79 Å². The highest BCUT2D eigenvalue weighted by Crippen LogP contribution is 2.37. The first-order valence-corrected chi connectivity index (χ1v) is 10.6. The second kappa shape index (κ2) is 7.20. The zero-order valence-corrected chi connectivity index (χ0v) is 17.1. The molecule has 6 nitrogen and oxygen atoms in total. The van der Waals surface area contributed by atoms with Crippen LogP contribution in [0.5, 0.6) is 17.2 Å². The van der Waals surface area contributed by atoms with E-state index in [0.29, 0.717) is 5.02 Å². The third-order valence-corrected chi connectivity index (χ3v) is 6.51. The van der Waals surface area contributed by atoms with Crippen LogP contribution in [-0.2, 0) is 5.75 Å². The lowest BCUT2D eigenvalue weighted by molar-refractivity contribution is 0.174. The van der Waals surface area contributed by atoms with Crippen LogP contribution in [-0.4, -0.2) is 28.5 Å². The molecule has 3 heterocycles. The third kappa shape index (κ3) is 3.07. The maximum absolute atomic E-state index is 6.48. The zero-order valence-electron chi connectivity index (χ0n) is 14.7. The number of halogens is 1. The molecule has 1 aliphatic rings. The molecule has 1 aliphatic heterocycles. The summed E-state index contributed by atoms with van der Waals surface area (Å²) in [5.41, 5.74) is 3.01. The van der Waals surface area contributed by atoms with Gasteiger partial charge in [0.1, 0.15) is 5.75 Å². The zero-order chi connectivity index (χ0) is 19.1. The van der Waals surface area contributed by atoms with Gasteiger partial charge in [-0.25, -0.2) is 0 Å². The minimum absolute atomic E-state index is 0.275. The molecule has 9 heteroatoms. The molecular weight excluding hydrogens is 418 g/mol. The quantitative estimate of drug-likeness (QED) is 0.408. The first-order valence-electron chi connectivity index (χ1n) is 8.41. The van der Waals surface area contributed by atoms with Crippen molar-refractivity contribution in [2.45, 2.75) is 10.9 Å². The van der Waals surface area contributed by atoms with Gasteiger partial charge in [-0.15, -0.1) is 21.5 Å². The molecule has 4 aromatic rings. The lowest BCUT2D eigenvalue weighted by atomic mass is 10.1. The van der Waals surface area contributed by atoms with Crippen molar-refractivity contribution in [1.29, 1.82) is 0 Å². The molecule has 2 aromatic carbocycles. The van der Waals surface area contributed by atoms with Gasteiger partial charge in [-0.1, -0.05) is 29.4 Å². The fourth-order valence-electron chi connectivity index (χ4n) is 2.99. The van der Waals surface area contributed by atoms with E-state index in [0.717, 1.165) is 49.9 Å². The number of hydrogen-bond donors (Lipinski definition) is 0. The monoisotopic (exact) mass is 431 g/mol. The molecule has 0 saturated heterocycles. The van der Waals surface area contributed by atoms with Crippen LogP contribution in [0, 0.1) is 0 Å². The van der Waals surface area contributed by atoms with E-state index in [4.69, 9.17) is 25.8 Å².